The van der Waals surface area contributed by atoms with Gasteiger partial charge in [-0.1, -0.05) is 23.7 Å². The average molecular weight is 388 g/mol. The van der Waals surface area contributed by atoms with Crippen LogP contribution in [0, 0.1) is 0 Å². The van der Waals surface area contributed by atoms with Gasteiger partial charge in [0.15, 0.2) is 0 Å². The number of nitrogens with one attached hydrogen (secondary N) is 2. The summed E-state index contributed by atoms with van der Waals surface area (Å²) in [6, 6.07) is 11.4. The topological polar surface area (TPSA) is 87.7 Å². The van der Waals surface area contributed by atoms with Crippen molar-refractivity contribution < 1.29 is 19.1 Å². The van der Waals surface area contributed by atoms with Crippen LogP contribution in [0.5, 0.6) is 5.75 Å². The van der Waals surface area contributed by atoms with E-state index in [1.165, 1.54) is 13.2 Å². The lowest BCUT2D eigenvalue weighted by Gasteiger charge is -2.19. The molecule has 1 aliphatic rings. The molecule has 1 aliphatic heterocycles. The number of hydrogen-bond donors (Lipinski definition) is 2. The van der Waals surface area contributed by atoms with Gasteiger partial charge >= 0.3 is 0 Å². The first-order valence-electron chi connectivity index (χ1n) is 8.35. The van der Waals surface area contributed by atoms with E-state index in [1.54, 1.807) is 41.3 Å². The van der Waals surface area contributed by atoms with Crippen LogP contribution in [-0.4, -0.2) is 31.4 Å². The Bertz CT molecular complexity index is 900. The molecule has 0 spiro atoms. The fourth-order valence-corrected chi connectivity index (χ4v) is 3.08. The van der Waals surface area contributed by atoms with Crippen molar-refractivity contribution in [3.63, 3.8) is 0 Å². The minimum atomic E-state index is -0.572. The molecule has 0 bridgehead atoms. The Morgan fingerprint density at radius 3 is 2.44 bits per heavy atom. The van der Waals surface area contributed by atoms with Crippen molar-refractivity contribution in [1.82, 2.24) is 10.9 Å². The summed E-state index contributed by atoms with van der Waals surface area (Å²) in [5, 5.41) is 0.366. The van der Waals surface area contributed by atoms with Gasteiger partial charge in [0.1, 0.15) is 5.75 Å². The number of carbonyl (C=O) groups excluding carboxylic acids is 3. The molecule has 1 saturated heterocycles. The number of halogens is 1. The molecule has 1 fully saturated rings. The molecule has 3 amide bonds. The third kappa shape index (κ3) is 4.03. The Labute approximate surface area is 161 Å². The zero-order chi connectivity index (χ0) is 19.4. The second-order valence-electron chi connectivity index (χ2n) is 5.92. The molecule has 0 aromatic heterocycles. The summed E-state index contributed by atoms with van der Waals surface area (Å²) in [6.07, 6.45) is 1.21. The number of hydrazine groups is 1. The van der Waals surface area contributed by atoms with Gasteiger partial charge in [0.25, 0.3) is 11.8 Å². The van der Waals surface area contributed by atoms with E-state index in [-0.39, 0.29) is 11.5 Å². The van der Waals surface area contributed by atoms with Crippen molar-refractivity contribution in [2.45, 2.75) is 12.8 Å². The molecule has 1 heterocycles. The van der Waals surface area contributed by atoms with Crippen LogP contribution in [0.15, 0.2) is 42.5 Å². The van der Waals surface area contributed by atoms with Gasteiger partial charge in [0.05, 0.1) is 23.9 Å². The summed E-state index contributed by atoms with van der Waals surface area (Å²) in [6.45, 7) is 0.565. The highest BCUT2D eigenvalue weighted by Gasteiger charge is 2.25. The van der Waals surface area contributed by atoms with E-state index in [4.69, 9.17) is 16.3 Å². The zero-order valence-corrected chi connectivity index (χ0v) is 15.4. The molecular weight excluding hydrogens is 370 g/mol. The van der Waals surface area contributed by atoms with E-state index in [2.05, 4.69) is 10.9 Å². The van der Waals surface area contributed by atoms with E-state index < -0.39 is 11.8 Å². The third-order valence-corrected chi connectivity index (χ3v) is 4.44. The molecule has 8 heteroatoms. The summed E-state index contributed by atoms with van der Waals surface area (Å²) in [4.78, 5) is 38.5. The minimum Gasteiger partial charge on any atom is -0.496 e. The number of amides is 3. The number of benzene rings is 2. The summed E-state index contributed by atoms with van der Waals surface area (Å²) in [5.74, 6) is -0.797. The largest absolute Gasteiger partial charge is 0.496 e. The zero-order valence-electron chi connectivity index (χ0n) is 14.6. The van der Waals surface area contributed by atoms with E-state index in [9.17, 15) is 14.4 Å². The van der Waals surface area contributed by atoms with Crippen LogP contribution in [0.2, 0.25) is 5.02 Å². The van der Waals surface area contributed by atoms with Gasteiger partial charge in [0.2, 0.25) is 5.91 Å². The van der Waals surface area contributed by atoms with Gasteiger partial charge in [0, 0.05) is 18.0 Å². The lowest BCUT2D eigenvalue weighted by atomic mass is 10.1. The van der Waals surface area contributed by atoms with Crippen LogP contribution >= 0.6 is 11.6 Å². The number of anilines is 1. The number of methoxy groups -OCH3 is 1. The fraction of sp³-hybridized carbons (Fsp3) is 0.211. The highest BCUT2D eigenvalue weighted by molar-refractivity contribution is 6.31. The number of carbonyl (C=O) groups is 3. The highest BCUT2D eigenvalue weighted by atomic mass is 35.5. The smallest absolute Gasteiger partial charge is 0.273 e. The first-order chi connectivity index (χ1) is 13.0. The van der Waals surface area contributed by atoms with Crippen molar-refractivity contribution in [3.8, 4) is 5.75 Å². The van der Waals surface area contributed by atoms with Crippen LogP contribution in [0.4, 0.5) is 5.69 Å². The third-order valence-electron chi connectivity index (χ3n) is 4.21. The van der Waals surface area contributed by atoms with Crippen molar-refractivity contribution in [2.75, 3.05) is 18.6 Å². The maximum Gasteiger partial charge on any atom is 0.273 e. The number of ether oxygens (including phenoxy) is 1. The Balaban J connectivity index is 1.75. The maximum atomic E-state index is 12.6. The van der Waals surface area contributed by atoms with Crippen molar-refractivity contribution >= 4 is 35.0 Å². The molecule has 0 saturated carbocycles. The molecule has 27 heavy (non-hydrogen) atoms. The van der Waals surface area contributed by atoms with E-state index >= 15 is 0 Å². The van der Waals surface area contributed by atoms with E-state index in [0.29, 0.717) is 35.0 Å². The summed E-state index contributed by atoms with van der Waals surface area (Å²) in [7, 11) is 1.43. The van der Waals surface area contributed by atoms with Crippen LogP contribution < -0.4 is 20.5 Å². The van der Waals surface area contributed by atoms with Gasteiger partial charge in [-0.2, -0.15) is 0 Å². The molecule has 0 aliphatic carbocycles. The van der Waals surface area contributed by atoms with Gasteiger partial charge in [-0.15, -0.1) is 0 Å². The molecule has 2 aromatic carbocycles. The van der Waals surface area contributed by atoms with Crippen molar-refractivity contribution in [2.24, 2.45) is 0 Å². The monoisotopic (exact) mass is 387 g/mol. The summed E-state index contributed by atoms with van der Waals surface area (Å²) >= 11 is 5.92. The molecule has 0 radical (unpaired) electrons. The highest BCUT2D eigenvalue weighted by Crippen LogP contribution is 2.25. The predicted molar refractivity (Wildman–Crippen MR) is 101 cm³/mol. The Kier molecular flexibility index (Phi) is 5.61. The maximum absolute atomic E-state index is 12.6. The first-order valence-corrected chi connectivity index (χ1v) is 8.72. The predicted octanol–water partition coefficient (Wildman–Crippen LogP) is 2.55. The normalized spacial score (nSPS) is 13.4. The van der Waals surface area contributed by atoms with Gasteiger partial charge < -0.3 is 9.64 Å². The minimum absolute atomic E-state index is 0.0250. The molecule has 7 nitrogen and oxygen atoms in total. The Morgan fingerprint density at radius 1 is 1.07 bits per heavy atom. The van der Waals surface area contributed by atoms with Gasteiger partial charge in [-0.3, -0.25) is 25.2 Å². The van der Waals surface area contributed by atoms with Crippen LogP contribution in [0.1, 0.15) is 33.6 Å². The number of rotatable bonds is 4. The lowest BCUT2D eigenvalue weighted by molar-refractivity contribution is -0.117. The van der Waals surface area contributed by atoms with Gasteiger partial charge in [-0.25, -0.2) is 0 Å². The van der Waals surface area contributed by atoms with Crippen molar-refractivity contribution in [1.29, 1.82) is 0 Å². The molecular formula is C19H18ClN3O4. The lowest BCUT2D eigenvalue weighted by Crippen LogP contribution is -2.42. The number of para-hydroxylation sites is 1. The van der Waals surface area contributed by atoms with E-state index in [0.717, 1.165) is 6.42 Å². The quantitative estimate of drug-likeness (QED) is 0.789. The summed E-state index contributed by atoms with van der Waals surface area (Å²) < 4.78 is 5.13. The number of nitrogens with zero attached hydrogens (tertiary/aromatic N) is 1. The Morgan fingerprint density at radius 2 is 1.78 bits per heavy atom. The van der Waals surface area contributed by atoms with Crippen LogP contribution in [0.25, 0.3) is 0 Å². The second kappa shape index (κ2) is 8.09. The molecule has 0 unspecified atom stereocenters. The first kappa shape index (κ1) is 18.7. The van der Waals surface area contributed by atoms with Crippen LogP contribution in [0.3, 0.4) is 0 Å². The standard InChI is InChI=1S/C19H18ClN3O4/c1-27-16-9-8-12(20)11-14(16)19(26)22-21-18(25)13-5-2-3-6-15(13)23-10-4-7-17(23)24/h2-3,5-6,8-9,11H,4,7,10H2,1H3,(H,21,25)(H,22,26). The molecule has 0 atom stereocenters. The summed E-state index contributed by atoms with van der Waals surface area (Å²) in [5.41, 5.74) is 5.73. The molecule has 2 N–H and O–H groups in total. The van der Waals surface area contributed by atoms with Crippen molar-refractivity contribution in [3.05, 3.63) is 58.6 Å². The Hall–Kier alpha value is -3.06. The second-order valence-corrected chi connectivity index (χ2v) is 6.36. The molecule has 3 rings (SSSR count). The number of hydrogen-bond acceptors (Lipinski definition) is 4. The van der Waals surface area contributed by atoms with Crippen LogP contribution in [-0.2, 0) is 4.79 Å². The fourth-order valence-electron chi connectivity index (χ4n) is 2.91. The van der Waals surface area contributed by atoms with Gasteiger partial charge in [-0.05, 0) is 36.8 Å². The van der Waals surface area contributed by atoms with E-state index in [1.807, 2.05) is 0 Å². The SMILES string of the molecule is COc1ccc(Cl)cc1C(=O)NNC(=O)c1ccccc1N1CCCC1=O. The molecule has 2 aromatic rings. The average Bonchev–Trinajstić information content (AvgIpc) is 3.11. The molecule has 140 valence electrons.